The zero-order valence-electron chi connectivity index (χ0n) is 7.75. The Hall–Kier alpha value is -1.04. The predicted octanol–water partition coefficient (Wildman–Crippen LogP) is 0.944. The Kier molecular flexibility index (Phi) is 2.68. The molecule has 4 nitrogen and oxygen atoms in total. The summed E-state index contributed by atoms with van der Waals surface area (Å²) >= 11 is 1.53. The van der Waals surface area contributed by atoms with E-state index < -0.39 is 18.2 Å². The van der Waals surface area contributed by atoms with Gasteiger partial charge in [0, 0.05) is 10.6 Å². The predicted molar refractivity (Wildman–Crippen MR) is 54.7 cm³/mol. The standard InChI is InChI=1S/C10H10O4S/c11-7-4-15-8-2-1-5(3-6(7)8)9(12)10(13)14/h1-3,7,9,11-12H,4H2,(H,13,14). The van der Waals surface area contributed by atoms with Gasteiger partial charge in [-0.1, -0.05) is 6.07 Å². The van der Waals surface area contributed by atoms with Crippen molar-refractivity contribution < 1.29 is 20.1 Å². The normalized spacial score (nSPS) is 21.1. The zero-order valence-corrected chi connectivity index (χ0v) is 8.57. The highest BCUT2D eigenvalue weighted by Crippen LogP contribution is 2.39. The van der Waals surface area contributed by atoms with Gasteiger partial charge >= 0.3 is 5.97 Å². The molecule has 3 N–H and O–H groups in total. The number of hydrogen-bond acceptors (Lipinski definition) is 4. The summed E-state index contributed by atoms with van der Waals surface area (Å²) < 4.78 is 0. The second-order valence-electron chi connectivity index (χ2n) is 3.36. The molecule has 0 saturated heterocycles. The Labute approximate surface area is 90.6 Å². The highest BCUT2D eigenvalue weighted by Gasteiger charge is 2.24. The lowest BCUT2D eigenvalue weighted by molar-refractivity contribution is -0.146. The van der Waals surface area contributed by atoms with E-state index in [1.54, 1.807) is 18.2 Å². The van der Waals surface area contributed by atoms with Crippen LogP contribution < -0.4 is 0 Å². The number of aliphatic carboxylic acids is 1. The summed E-state index contributed by atoms with van der Waals surface area (Å²) in [6.45, 7) is 0. The molecular formula is C10H10O4S. The van der Waals surface area contributed by atoms with E-state index in [1.165, 1.54) is 11.8 Å². The maximum atomic E-state index is 10.6. The number of carbonyl (C=O) groups is 1. The van der Waals surface area contributed by atoms with Gasteiger partial charge in [0.1, 0.15) is 0 Å². The molecule has 0 aromatic heterocycles. The lowest BCUT2D eigenvalue weighted by Gasteiger charge is -2.09. The van der Waals surface area contributed by atoms with Gasteiger partial charge in [-0.2, -0.15) is 0 Å². The highest BCUT2D eigenvalue weighted by atomic mass is 32.2. The monoisotopic (exact) mass is 226 g/mol. The molecule has 2 rings (SSSR count). The smallest absolute Gasteiger partial charge is 0.337 e. The van der Waals surface area contributed by atoms with E-state index in [-0.39, 0.29) is 0 Å². The van der Waals surface area contributed by atoms with E-state index in [0.717, 1.165) is 4.90 Å². The number of hydrogen-bond donors (Lipinski definition) is 3. The van der Waals surface area contributed by atoms with Gasteiger partial charge in [0.2, 0.25) is 0 Å². The third-order valence-electron chi connectivity index (χ3n) is 2.34. The summed E-state index contributed by atoms with van der Waals surface area (Å²) in [5, 5.41) is 27.5. The maximum absolute atomic E-state index is 10.6. The topological polar surface area (TPSA) is 77.8 Å². The maximum Gasteiger partial charge on any atom is 0.337 e. The molecule has 0 bridgehead atoms. The molecule has 0 saturated carbocycles. The summed E-state index contributed by atoms with van der Waals surface area (Å²) in [5.74, 6) is -0.697. The van der Waals surface area contributed by atoms with Gasteiger partial charge in [-0.25, -0.2) is 4.79 Å². The van der Waals surface area contributed by atoms with Crippen LogP contribution in [-0.2, 0) is 4.79 Å². The van der Waals surface area contributed by atoms with Crippen molar-refractivity contribution in [1.29, 1.82) is 0 Å². The van der Waals surface area contributed by atoms with Gasteiger partial charge in [-0.3, -0.25) is 0 Å². The first kappa shape index (κ1) is 10.5. The molecule has 1 aromatic carbocycles. The molecule has 2 atom stereocenters. The molecule has 5 heteroatoms. The quantitative estimate of drug-likeness (QED) is 0.699. The second-order valence-corrected chi connectivity index (χ2v) is 4.43. The van der Waals surface area contributed by atoms with E-state index in [0.29, 0.717) is 16.9 Å². The first-order valence-corrected chi connectivity index (χ1v) is 5.43. The molecule has 80 valence electrons. The number of rotatable bonds is 2. The van der Waals surface area contributed by atoms with Crippen LogP contribution in [0.5, 0.6) is 0 Å². The molecule has 15 heavy (non-hydrogen) atoms. The Balaban J connectivity index is 2.37. The van der Waals surface area contributed by atoms with Gasteiger partial charge in [0.05, 0.1) is 6.10 Å². The van der Waals surface area contributed by atoms with Crippen molar-refractivity contribution in [2.45, 2.75) is 17.1 Å². The van der Waals surface area contributed by atoms with Crippen LogP contribution >= 0.6 is 11.8 Å². The lowest BCUT2D eigenvalue weighted by Crippen LogP contribution is -2.10. The summed E-state index contributed by atoms with van der Waals surface area (Å²) in [4.78, 5) is 11.5. The molecule has 0 radical (unpaired) electrons. The van der Waals surface area contributed by atoms with Crippen LogP contribution in [0.3, 0.4) is 0 Å². The van der Waals surface area contributed by atoms with Crippen LogP contribution in [0.1, 0.15) is 23.3 Å². The van der Waals surface area contributed by atoms with Gasteiger partial charge < -0.3 is 15.3 Å². The molecule has 2 unspecified atom stereocenters. The van der Waals surface area contributed by atoms with Crippen LogP contribution in [-0.4, -0.2) is 27.0 Å². The fourth-order valence-corrected chi connectivity index (χ4v) is 2.57. The summed E-state index contributed by atoms with van der Waals surface area (Å²) in [6, 6.07) is 4.86. The minimum atomic E-state index is -1.52. The Morgan fingerprint density at radius 3 is 2.93 bits per heavy atom. The van der Waals surface area contributed by atoms with Crippen LogP contribution in [0.25, 0.3) is 0 Å². The van der Waals surface area contributed by atoms with E-state index >= 15 is 0 Å². The average Bonchev–Trinajstić information content (AvgIpc) is 2.59. The van der Waals surface area contributed by atoms with E-state index in [4.69, 9.17) is 5.11 Å². The number of fused-ring (bicyclic) bond motifs is 1. The lowest BCUT2D eigenvalue weighted by atomic mass is 10.0. The van der Waals surface area contributed by atoms with E-state index in [2.05, 4.69) is 0 Å². The minimum Gasteiger partial charge on any atom is -0.479 e. The molecule has 1 aromatic rings. The van der Waals surface area contributed by atoms with Gasteiger partial charge in [0.15, 0.2) is 6.10 Å². The SMILES string of the molecule is O=C(O)C(O)c1ccc2c(c1)C(O)CS2. The van der Waals surface area contributed by atoms with Gasteiger partial charge in [-0.05, 0) is 23.3 Å². The number of carboxylic acid groups (broad SMARTS) is 1. The van der Waals surface area contributed by atoms with Crippen LogP contribution in [0.4, 0.5) is 0 Å². The molecule has 0 fully saturated rings. The molecule has 1 aliphatic heterocycles. The molecule has 1 aliphatic rings. The Bertz CT molecular complexity index is 404. The molecule has 0 amide bonds. The third-order valence-corrected chi connectivity index (χ3v) is 3.50. The summed E-state index contributed by atoms with van der Waals surface area (Å²) in [7, 11) is 0. The number of aliphatic hydroxyl groups excluding tert-OH is 2. The fourth-order valence-electron chi connectivity index (χ4n) is 1.53. The summed E-state index contributed by atoms with van der Waals surface area (Å²) in [5.41, 5.74) is 1.01. The second kappa shape index (κ2) is 3.84. The van der Waals surface area contributed by atoms with Gasteiger partial charge in [0.25, 0.3) is 0 Å². The van der Waals surface area contributed by atoms with Crippen molar-refractivity contribution in [3.8, 4) is 0 Å². The fraction of sp³-hybridized carbons (Fsp3) is 0.300. The van der Waals surface area contributed by atoms with Crippen molar-refractivity contribution in [3.63, 3.8) is 0 Å². The Morgan fingerprint density at radius 1 is 1.53 bits per heavy atom. The number of thioether (sulfide) groups is 1. The third kappa shape index (κ3) is 1.86. The first-order valence-electron chi connectivity index (χ1n) is 4.45. The van der Waals surface area contributed by atoms with E-state index in [9.17, 15) is 15.0 Å². The molecule has 0 spiro atoms. The molecule has 0 aliphatic carbocycles. The van der Waals surface area contributed by atoms with Crippen LogP contribution in [0.2, 0.25) is 0 Å². The molecular weight excluding hydrogens is 216 g/mol. The van der Waals surface area contributed by atoms with Crippen molar-refractivity contribution in [2.24, 2.45) is 0 Å². The Morgan fingerprint density at radius 2 is 2.27 bits per heavy atom. The van der Waals surface area contributed by atoms with Crippen molar-refractivity contribution in [3.05, 3.63) is 29.3 Å². The first-order chi connectivity index (χ1) is 7.09. The van der Waals surface area contributed by atoms with Crippen molar-refractivity contribution >= 4 is 17.7 Å². The summed E-state index contributed by atoms with van der Waals surface area (Å²) in [6.07, 6.45) is -2.08. The van der Waals surface area contributed by atoms with Crippen molar-refractivity contribution in [1.82, 2.24) is 0 Å². The van der Waals surface area contributed by atoms with Crippen LogP contribution in [0, 0.1) is 0 Å². The van der Waals surface area contributed by atoms with E-state index in [1.807, 2.05) is 0 Å². The number of carboxylic acids is 1. The minimum absolute atomic E-state index is 0.308. The number of aliphatic hydroxyl groups is 2. The van der Waals surface area contributed by atoms with Crippen molar-refractivity contribution in [2.75, 3.05) is 5.75 Å². The molecule has 1 heterocycles. The highest BCUT2D eigenvalue weighted by molar-refractivity contribution is 7.99. The number of benzene rings is 1. The van der Waals surface area contributed by atoms with Gasteiger partial charge in [-0.15, -0.1) is 11.8 Å². The average molecular weight is 226 g/mol. The zero-order chi connectivity index (χ0) is 11.0. The largest absolute Gasteiger partial charge is 0.479 e. The van der Waals surface area contributed by atoms with Crippen LogP contribution in [0.15, 0.2) is 23.1 Å².